The summed E-state index contributed by atoms with van der Waals surface area (Å²) in [6.45, 7) is 2.40. The summed E-state index contributed by atoms with van der Waals surface area (Å²) in [6.07, 6.45) is 3.50. The molecule has 0 radical (unpaired) electrons. The molecule has 0 aliphatic carbocycles. The highest BCUT2D eigenvalue weighted by Gasteiger charge is 2.23. The first-order valence-corrected chi connectivity index (χ1v) is 9.74. The van der Waals surface area contributed by atoms with Crippen LogP contribution in [0.3, 0.4) is 0 Å². The molecule has 7 heteroatoms. The molecular formula is C22H24N4O3. The Bertz CT molecular complexity index is 1030. The number of rotatable bonds is 5. The predicted molar refractivity (Wildman–Crippen MR) is 110 cm³/mol. The number of H-pyrrole nitrogens is 1. The van der Waals surface area contributed by atoms with Crippen molar-refractivity contribution < 1.29 is 9.84 Å². The summed E-state index contributed by atoms with van der Waals surface area (Å²) in [5.41, 5.74) is 2.18. The van der Waals surface area contributed by atoms with Crippen LogP contribution in [0.25, 0.3) is 11.5 Å². The van der Waals surface area contributed by atoms with Crippen LogP contribution in [-0.4, -0.2) is 45.2 Å². The van der Waals surface area contributed by atoms with E-state index in [1.54, 1.807) is 25.4 Å². The first-order chi connectivity index (χ1) is 14.1. The van der Waals surface area contributed by atoms with E-state index in [1.807, 2.05) is 30.3 Å². The van der Waals surface area contributed by atoms with Crippen molar-refractivity contribution in [3.63, 3.8) is 0 Å². The lowest BCUT2D eigenvalue weighted by Gasteiger charge is -2.32. The Labute approximate surface area is 169 Å². The van der Waals surface area contributed by atoms with Crippen LogP contribution in [0.4, 0.5) is 0 Å². The van der Waals surface area contributed by atoms with Crippen LogP contribution in [0.2, 0.25) is 0 Å². The number of phenolic OH excluding ortho intramolecular Hbond substituents is 1. The molecule has 0 amide bonds. The molecule has 0 saturated carbocycles. The lowest BCUT2D eigenvalue weighted by atomic mass is 9.93. The number of aromatic amines is 1. The van der Waals surface area contributed by atoms with Crippen molar-refractivity contribution in [1.82, 2.24) is 19.9 Å². The van der Waals surface area contributed by atoms with Gasteiger partial charge in [-0.1, -0.05) is 18.2 Å². The van der Waals surface area contributed by atoms with E-state index >= 15 is 0 Å². The first-order valence-electron chi connectivity index (χ1n) is 9.74. The van der Waals surface area contributed by atoms with Gasteiger partial charge in [-0.25, -0.2) is 4.98 Å². The van der Waals surface area contributed by atoms with Crippen LogP contribution < -0.4 is 10.3 Å². The molecule has 1 fully saturated rings. The Kier molecular flexibility index (Phi) is 5.57. The molecule has 1 aliphatic heterocycles. The number of para-hydroxylation sites is 1. The highest BCUT2D eigenvalue weighted by molar-refractivity contribution is 5.48. The van der Waals surface area contributed by atoms with Crippen molar-refractivity contribution in [2.45, 2.75) is 25.3 Å². The number of benzene rings is 1. The Morgan fingerprint density at radius 1 is 1.21 bits per heavy atom. The van der Waals surface area contributed by atoms with E-state index in [2.05, 4.69) is 19.9 Å². The minimum Gasteiger partial charge on any atom is -0.504 e. The molecule has 7 nitrogen and oxygen atoms in total. The van der Waals surface area contributed by atoms with Gasteiger partial charge >= 0.3 is 0 Å². The molecule has 4 rings (SSSR count). The third kappa shape index (κ3) is 4.30. The topological polar surface area (TPSA) is 91.3 Å². The molecule has 29 heavy (non-hydrogen) atoms. The Morgan fingerprint density at radius 2 is 2.03 bits per heavy atom. The third-order valence-corrected chi connectivity index (χ3v) is 5.37. The Balaban J connectivity index is 1.45. The fourth-order valence-corrected chi connectivity index (χ4v) is 3.80. The van der Waals surface area contributed by atoms with Crippen LogP contribution >= 0.6 is 0 Å². The molecule has 0 atom stereocenters. The van der Waals surface area contributed by atoms with Crippen LogP contribution in [-0.2, 0) is 6.54 Å². The van der Waals surface area contributed by atoms with E-state index < -0.39 is 0 Å². The van der Waals surface area contributed by atoms with Crippen molar-refractivity contribution in [1.29, 1.82) is 0 Å². The number of nitrogens with zero attached hydrogens (tertiary/aromatic N) is 3. The summed E-state index contributed by atoms with van der Waals surface area (Å²) in [5.74, 6) is 1.44. The van der Waals surface area contributed by atoms with E-state index in [9.17, 15) is 9.90 Å². The molecule has 2 aromatic heterocycles. The van der Waals surface area contributed by atoms with Crippen LogP contribution in [0.1, 0.15) is 30.0 Å². The van der Waals surface area contributed by atoms with Crippen molar-refractivity contribution in [3.05, 3.63) is 70.3 Å². The summed E-state index contributed by atoms with van der Waals surface area (Å²) in [4.78, 5) is 26.2. The van der Waals surface area contributed by atoms with Gasteiger partial charge in [0.15, 0.2) is 17.3 Å². The zero-order valence-corrected chi connectivity index (χ0v) is 16.3. The number of likely N-dealkylation sites (tertiary alicyclic amines) is 1. The number of methoxy groups -OCH3 is 1. The van der Waals surface area contributed by atoms with Gasteiger partial charge in [0.1, 0.15) is 5.69 Å². The maximum atomic E-state index is 12.2. The van der Waals surface area contributed by atoms with Crippen molar-refractivity contribution in [3.8, 4) is 23.0 Å². The Hall–Kier alpha value is -3.19. The van der Waals surface area contributed by atoms with Gasteiger partial charge in [0.05, 0.1) is 12.8 Å². The molecular weight excluding hydrogens is 368 g/mol. The maximum absolute atomic E-state index is 12.2. The van der Waals surface area contributed by atoms with E-state index in [1.165, 1.54) is 0 Å². The zero-order valence-electron chi connectivity index (χ0n) is 16.3. The normalized spacial score (nSPS) is 15.3. The van der Waals surface area contributed by atoms with E-state index in [0.29, 0.717) is 23.8 Å². The maximum Gasteiger partial charge on any atom is 0.251 e. The highest BCUT2D eigenvalue weighted by atomic mass is 16.5. The molecule has 0 unspecified atom stereocenters. The number of aromatic hydroxyl groups is 1. The summed E-state index contributed by atoms with van der Waals surface area (Å²) in [6, 6.07) is 12.7. The smallest absolute Gasteiger partial charge is 0.251 e. The van der Waals surface area contributed by atoms with Crippen molar-refractivity contribution in [2.24, 2.45) is 0 Å². The second-order valence-electron chi connectivity index (χ2n) is 7.25. The van der Waals surface area contributed by atoms with Crippen molar-refractivity contribution >= 4 is 0 Å². The molecule has 3 aromatic rings. The number of aromatic nitrogens is 3. The van der Waals surface area contributed by atoms with Gasteiger partial charge in [-0.3, -0.25) is 14.7 Å². The molecule has 1 aliphatic rings. The van der Waals surface area contributed by atoms with E-state index in [-0.39, 0.29) is 17.2 Å². The molecule has 2 N–H and O–H groups in total. The monoisotopic (exact) mass is 392 g/mol. The van der Waals surface area contributed by atoms with Crippen molar-refractivity contribution in [2.75, 3.05) is 20.2 Å². The van der Waals surface area contributed by atoms with Gasteiger partial charge in [0.25, 0.3) is 5.56 Å². The minimum atomic E-state index is -0.153. The number of ether oxygens (including phenoxy) is 1. The quantitative estimate of drug-likeness (QED) is 0.694. The average Bonchev–Trinajstić information content (AvgIpc) is 2.76. The van der Waals surface area contributed by atoms with Gasteiger partial charge < -0.3 is 14.8 Å². The molecule has 3 heterocycles. The second-order valence-corrected chi connectivity index (χ2v) is 7.25. The van der Waals surface area contributed by atoms with Gasteiger partial charge in [-0.15, -0.1) is 0 Å². The van der Waals surface area contributed by atoms with Gasteiger partial charge in [-0.2, -0.15) is 0 Å². The molecule has 1 aromatic carbocycles. The second kappa shape index (κ2) is 8.45. The number of pyridine rings is 1. The highest BCUT2D eigenvalue weighted by Crippen LogP contribution is 2.32. The summed E-state index contributed by atoms with van der Waals surface area (Å²) < 4.78 is 5.19. The number of piperidine rings is 1. The molecule has 0 spiro atoms. The SMILES string of the molecule is COc1cccc(CN2CCC(c3cc(=O)[nH]c(-c4ccccn4)n3)CC2)c1O. The van der Waals surface area contributed by atoms with Crippen LogP contribution in [0, 0.1) is 0 Å². The molecule has 0 bridgehead atoms. The lowest BCUT2D eigenvalue weighted by Crippen LogP contribution is -2.33. The average molecular weight is 392 g/mol. The summed E-state index contributed by atoms with van der Waals surface area (Å²) in [7, 11) is 1.55. The largest absolute Gasteiger partial charge is 0.504 e. The van der Waals surface area contributed by atoms with E-state index in [0.717, 1.165) is 37.2 Å². The molecule has 1 saturated heterocycles. The van der Waals surface area contributed by atoms with Gasteiger partial charge in [0, 0.05) is 30.3 Å². The molecule has 150 valence electrons. The number of hydrogen-bond acceptors (Lipinski definition) is 6. The summed E-state index contributed by atoms with van der Waals surface area (Å²) in [5, 5.41) is 10.3. The van der Waals surface area contributed by atoms with E-state index in [4.69, 9.17) is 4.74 Å². The van der Waals surface area contributed by atoms with Gasteiger partial charge in [-0.05, 0) is 44.1 Å². The van der Waals surface area contributed by atoms with Gasteiger partial charge in [0.2, 0.25) is 0 Å². The number of hydrogen-bond donors (Lipinski definition) is 2. The standard InChI is InChI=1S/C22H24N4O3/c1-29-19-7-4-5-16(21(19)28)14-26-11-8-15(9-12-26)18-13-20(27)25-22(24-18)17-6-2-3-10-23-17/h2-7,10,13,15,28H,8-9,11-12,14H2,1H3,(H,24,25,27). The van der Waals surface area contributed by atoms with Crippen LogP contribution in [0.5, 0.6) is 11.5 Å². The predicted octanol–water partition coefficient (Wildman–Crippen LogP) is 2.93. The number of nitrogens with one attached hydrogen (secondary N) is 1. The number of phenols is 1. The summed E-state index contributed by atoms with van der Waals surface area (Å²) >= 11 is 0. The lowest BCUT2D eigenvalue weighted by molar-refractivity contribution is 0.200. The fraction of sp³-hybridized carbons (Fsp3) is 0.318. The fourth-order valence-electron chi connectivity index (χ4n) is 3.80. The third-order valence-electron chi connectivity index (χ3n) is 5.37. The minimum absolute atomic E-state index is 0.153. The Morgan fingerprint density at radius 3 is 2.76 bits per heavy atom. The van der Waals surface area contributed by atoms with Crippen LogP contribution in [0.15, 0.2) is 53.5 Å². The first kappa shape index (κ1) is 19.1. The zero-order chi connectivity index (χ0) is 20.2.